The van der Waals surface area contributed by atoms with Gasteiger partial charge < -0.3 is 10.2 Å². The second-order valence-corrected chi connectivity index (χ2v) is 6.66. The smallest absolute Gasteiger partial charge is 0.225 e. The Morgan fingerprint density at radius 2 is 1.82 bits per heavy atom. The Morgan fingerprint density at radius 1 is 1.18 bits per heavy atom. The van der Waals surface area contributed by atoms with Crippen molar-refractivity contribution in [3.8, 4) is 0 Å². The minimum atomic E-state index is 0.287. The van der Waals surface area contributed by atoms with Gasteiger partial charge in [-0.05, 0) is 43.7 Å². The lowest BCUT2D eigenvalue weighted by Crippen LogP contribution is -2.40. The highest BCUT2D eigenvalue weighted by atomic mass is 16.2. The van der Waals surface area contributed by atoms with E-state index in [2.05, 4.69) is 31.0 Å². The number of carbonyl (C=O) groups excluding carboxylic acids is 1. The van der Waals surface area contributed by atoms with Crippen molar-refractivity contribution in [3.05, 3.63) is 0 Å². The zero-order chi connectivity index (χ0) is 12.5. The molecule has 98 valence electrons. The Kier molecular flexibility index (Phi) is 3.76. The average Bonchev–Trinajstić information content (AvgIpc) is 2.78. The normalized spacial score (nSPS) is 27.5. The third-order valence-electron chi connectivity index (χ3n) is 4.41. The van der Waals surface area contributed by atoms with E-state index in [0.29, 0.717) is 17.2 Å². The standard InChI is InChI=1S/C14H26N2O/c1-14(2,3)12-6-9-16(10-12)13(17)11-4-7-15-8-5-11/h11-12,15H,4-10H2,1-3H3. The van der Waals surface area contributed by atoms with Crippen LogP contribution < -0.4 is 5.32 Å². The summed E-state index contributed by atoms with van der Waals surface area (Å²) in [5.74, 6) is 1.38. The van der Waals surface area contributed by atoms with E-state index in [9.17, 15) is 4.79 Å². The van der Waals surface area contributed by atoms with E-state index in [0.717, 1.165) is 39.0 Å². The number of hydrogen-bond acceptors (Lipinski definition) is 2. The van der Waals surface area contributed by atoms with E-state index in [1.807, 2.05) is 0 Å². The van der Waals surface area contributed by atoms with Gasteiger partial charge in [-0.15, -0.1) is 0 Å². The van der Waals surface area contributed by atoms with Crippen molar-refractivity contribution in [1.29, 1.82) is 0 Å². The zero-order valence-corrected chi connectivity index (χ0v) is 11.5. The highest BCUT2D eigenvalue weighted by Gasteiger charge is 2.36. The Balaban J connectivity index is 1.89. The van der Waals surface area contributed by atoms with Gasteiger partial charge in [0.2, 0.25) is 5.91 Å². The Hall–Kier alpha value is -0.570. The van der Waals surface area contributed by atoms with Gasteiger partial charge in [-0.2, -0.15) is 0 Å². The summed E-state index contributed by atoms with van der Waals surface area (Å²) < 4.78 is 0. The van der Waals surface area contributed by atoms with Gasteiger partial charge in [-0.1, -0.05) is 20.8 Å². The van der Waals surface area contributed by atoms with Gasteiger partial charge in [0.05, 0.1) is 0 Å². The summed E-state index contributed by atoms with van der Waals surface area (Å²) >= 11 is 0. The fraction of sp³-hybridized carbons (Fsp3) is 0.929. The lowest BCUT2D eigenvalue weighted by Gasteiger charge is -2.29. The topological polar surface area (TPSA) is 32.3 Å². The van der Waals surface area contributed by atoms with Gasteiger partial charge >= 0.3 is 0 Å². The molecule has 0 saturated carbocycles. The first-order valence-electron chi connectivity index (χ1n) is 6.98. The average molecular weight is 238 g/mol. The number of amides is 1. The number of piperidine rings is 1. The number of rotatable bonds is 1. The minimum Gasteiger partial charge on any atom is -0.342 e. The van der Waals surface area contributed by atoms with Crippen LogP contribution in [0.4, 0.5) is 0 Å². The molecule has 2 aliphatic rings. The highest BCUT2D eigenvalue weighted by Crippen LogP contribution is 2.34. The first-order chi connectivity index (χ1) is 7.98. The Bertz CT molecular complexity index is 276. The maximum Gasteiger partial charge on any atom is 0.225 e. The number of nitrogens with zero attached hydrogens (tertiary/aromatic N) is 1. The van der Waals surface area contributed by atoms with Crippen LogP contribution in [-0.2, 0) is 4.79 Å². The summed E-state index contributed by atoms with van der Waals surface area (Å²) in [6.07, 6.45) is 3.23. The van der Waals surface area contributed by atoms with Gasteiger partial charge in [0.1, 0.15) is 0 Å². The third-order valence-corrected chi connectivity index (χ3v) is 4.41. The van der Waals surface area contributed by atoms with E-state index < -0.39 is 0 Å². The largest absolute Gasteiger partial charge is 0.342 e. The van der Waals surface area contributed by atoms with Crippen LogP contribution >= 0.6 is 0 Å². The molecule has 2 fully saturated rings. The lowest BCUT2D eigenvalue weighted by molar-refractivity contribution is -0.135. The van der Waals surface area contributed by atoms with Gasteiger partial charge in [0.15, 0.2) is 0 Å². The SMILES string of the molecule is CC(C)(C)C1CCN(C(=O)C2CCNCC2)C1. The van der Waals surface area contributed by atoms with Crippen LogP contribution in [0.3, 0.4) is 0 Å². The number of hydrogen-bond donors (Lipinski definition) is 1. The van der Waals surface area contributed by atoms with Crippen LogP contribution in [0, 0.1) is 17.3 Å². The molecule has 0 aromatic rings. The molecule has 1 N–H and O–H groups in total. The molecule has 0 bridgehead atoms. The quantitative estimate of drug-likeness (QED) is 0.756. The fourth-order valence-corrected chi connectivity index (χ4v) is 2.99. The third kappa shape index (κ3) is 3.01. The molecule has 17 heavy (non-hydrogen) atoms. The molecule has 2 rings (SSSR count). The van der Waals surface area contributed by atoms with Crippen molar-refractivity contribution in [2.45, 2.75) is 40.0 Å². The molecule has 3 heteroatoms. The molecule has 1 unspecified atom stereocenters. The van der Waals surface area contributed by atoms with Gasteiger partial charge in [0, 0.05) is 19.0 Å². The van der Waals surface area contributed by atoms with E-state index >= 15 is 0 Å². The molecule has 2 saturated heterocycles. The minimum absolute atomic E-state index is 0.287. The van der Waals surface area contributed by atoms with E-state index in [1.54, 1.807) is 0 Å². The van der Waals surface area contributed by atoms with E-state index in [-0.39, 0.29) is 5.92 Å². The highest BCUT2D eigenvalue weighted by molar-refractivity contribution is 5.79. The molecule has 1 atom stereocenters. The zero-order valence-electron chi connectivity index (χ0n) is 11.5. The molecule has 0 aromatic carbocycles. The molecule has 0 radical (unpaired) electrons. The van der Waals surface area contributed by atoms with Crippen LogP contribution in [-0.4, -0.2) is 37.0 Å². The second kappa shape index (κ2) is 4.97. The van der Waals surface area contributed by atoms with Crippen molar-refractivity contribution in [3.63, 3.8) is 0 Å². The summed E-state index contributed by atoms with van der Waals surface area (Å²) in [5.41, 5.74) is 0.336. The van der Waals surface area contributed by atoms with Crippen LogP contribution in [0.25, 0.3) is 0 Å². The van der Waals surface area contributed by atoms with E-state index in [4.69, 9.17) is 0 Å². The van der Waals surface area contributed by atoms with E-state index in [1.165, 1.54) is 6.42 Å². The molecular formula is C14H26N2O. The molecule has 1 amide bonds. The van der Waals surface area contributed by atoms with Gasteiger partial charge in [-0.3, -0.25) is 4.79 Å². The van der Waals surface area contributed by atoms with Crippen LogP contribution in [0.1, 0.15) is 40.0 Å². The monoisotopic (exact) mass is 238 g/mol. The number of likely N-dealkylation sites (tertiary alicyclic amines) is 1. The summed E-state index contributed by atoms with van der Waals surface area (Å²) in [6, 6.07) is 0. The first kappa shape index (κ1) is 12.9. The molecule has 0 spiro atoms. The molecule has 2 heterocycles. The predicted molar refractivity (Wildman–Crippen MR) is 69.7 cm³/mol. The van der Waals surface area contributed by atoms with Crippen molar-refractivity contribution >= 4 is 5.91 Å². The molecular weight excluding hydrogens is 212 g/mol. The number of nitrogens with one attached hydrogen (secondary N) is 1. The van der Waals surface area contributed by atoms with Gasteiger partial charge in [-0.25, -0.2) is 0 Å². The maximum absolute atomic E-state index is 12.4. The fourth-order valence-electron chi connectivity index (χ4n) is 2.99. The van der Waals surface area contributed by atoms with Crippen molar-refractivity contribution in [2.24, 2.45) is 17.3 Å². The van der Waals surface area contributed by atoms with Crippen molar-refractivity contribution in [2.75, 3.05) is 26.2 Å². The summed E-state index contributed by atoms with van der Waals surface area (Å²) in [6.45, 7) is 10.8. The van der Waals surface area contributed by atoms with Crippen LogP contribution in [0.2, 0.25) is 0 Å². The summed E-state index contributed by atoms with van der Waals surface area (Å²) in [5, 5.41) is 3.32. The molecule has 3 nitrogen and oxygen atoms in total. The molecule has 0 aliphatic carbocycles. The molecule has 2 aliphatic heterocycles. The summed E-state index contributed by atoms with van der Waals surface area (Å²) in [4.78, 5) is 14.5. The second-order valence-electron chi connectivity index (χ2n) is 6.66. The maximum atomic E-state index is 12.4. The lowest BCUT2D eigenvalue weighted by atomic mass is 9.80. The van der Waals surface area contributed by atoms with Crippen LogP contribution in [0.15, 0.2) is 0 Å². The van der Waals surface area contributed by atoms with Crippen LogP contribution in [0.5, 0.6) is 0 Å². The van der Waals surface area contributed by atoms with Crippen molar-refractivity contribution in [1.82, 2.24) is 10.2 Å². The predicted octanol–water partition coefficient (Wildman–Crippen LogP) is 1.88. The van der Waals surface area contributed by atoms with Gasteiger partial charge in [0.25, 0.3) is 0 Å². The Labute approximate surface area is 105 Å². The first-order valence-corrected chi connectivity index (χ1v) is 6.98. The number of carbonyl (C=O) groups is 1. The summed E-state index contributed by atoms with van der Waals surface area (Å²) in [7, 11) is 0. The molecule has 0 aromatic heterocycles. The van der Waals surface area contributed by atoms with Crippen molar-refractivity contribution < 1.29 is 4.79 Å². The Morgan fingerprint density at radius 3 is 2.35 bits per heavy atom.